The van der Waals surface area contributed by atoms with Crippen molar-refractivity contribution in [3.63, 3.8) is 0 Å². The van der Waals surface area contributed by atoms with Crippen LogP contribution in [0.15, 0.2) is 12.1 Å². The van der Waals surface area contributed by atoms with Crippen LogP contribution in [-0.2, 0) is 6.42 Å². The van der Waals surface area contributed by atoms with Crippen molar-refractivity contribution in [2.45, 2.75) is 6.42 Å². The summed E-state index contributed by atoms with van der Waals surface area (Å²) in [5.41, 5.74) is 1.81. The number of rotatable bonds is 2. The molecule has 0 fully saturated rings. The SMILES string of the molecule is COc1cc2c(cc1OC)C(=O)C2. The van der Waals surface area contributed by atoms with Gasteiger partial charge in [-0.25, -0.2) is 0 Å². The van der Waals surface area contributed by atoms with Crippen molar-refractivity contribution in [3.05, 3.63) is 23.3 Å². The van der Waals surface area contributed by atoms with Crippen LogP contribution < -0.4 is 9.47 Å². The highest BCUT2D eigenvalue weighted by Crippen LogP contribution is 2.35. The summed E-state index contributed by atoms with van der Waals surface area (Å²) < 4.78 is 10.2. The van der Waals surface area contributed by atoms with Crippen LogP contribution in [0.4, 0.5) is 0 Å². The van der Waals surface area contributed by atoms with Crippen molar-refractivity contribution < 1.29 is 14.3 Å². The summed E-state index contributed by atoms with van der Waals surface area (Å²) in [4.78, 5) is 11.1. The molecule has 0 spiro atoms. The largest absolute Gasteiger partial charge is 0.493 e. The summed E-state index contributed by atoms with van der Waals surface area (Å²) in [5, 5.41) is 0. The summed E-state index contributed by atoms with van der Waals surface area (Å²) in [6.07, 6.45) is 0.523. The maximum atomic E-state index is 11.1. The van der Waals surface area contributed by atoms with E-state index in [9.17, 15) is 4.79 Å². The lowest BCUT2D eigenvalue weighted by Gasteiger charge is -2.19. The molecule has 1 aliphatic carbocycles. The van der Waals surface area contributed by atoms with Crippen molar-refractivity contribution in [2.24, 2.45) is 0 Å². The summed E-state index contributed by atoms with van der Waals surface area (Å²) >= 11 is 0. The van der Waals surface area contributed by atoms with Gasteiger partial charge in [-0.05, 0) is 17.7 Å². The number of methoxy groups -OCH3 is 2. The Morgan fingerprint density at radius 2 is 1.77 bits per heavy atom. The Hall–Kier alpha value is -1.51. The molecule has 0 radical (unpaired) electrons. The number of ether oxygens (including phenoxy) is 2. The zero-order valence-electron chi connectivity index (χ0n) is 7.59. The van der Waals surface area contributed by atoms with Gasteiger partial charge in [0.1, 0.15) is 0 Å². The molecule has 0 N–H and O–H groups in total. The first-order valence-electron chi connectivity index (χ1n) is 4.04. The zero-order valence-corrected chi connectivity index (χ0v) is 7.59. The average Bonchev–Trinajstić information content (AvgIpc) is 2.15. The van der Waals surface area contributed by atoms with E-state index < -0.39 is 0 Å². The fourth-order valence-electron chi connectivity index (χ4n) is 1.49. The molecular formula is C10H10O3. The van der Waals surface area contributed by atoms with E-state index in [-0.39, 0.29) is 5.78 Å². The molecule has 3 heteroatoms. The van der Waals surface area contributed by atoms with E-state index in [1.807, 2.05) is 6.07 Å². The Labute approximate surface area is 76.3 Å². The van der Waals surface area contributed by atoms with Gasteiger partial charge in [0.2, 0.25) is 0 Å². The lowest BCUT2D eigenvalue weighted by atomic mass is 9.87. The predicted molar refractivity (Wildman–Crippen MR) is 47.6 cm³/mol. The van der Waals surface area contributed by atoms with Gasteiger partial charge < -0.3 is 9.47 Å². The fourth-order valence-corrected chi connectivity index (χ4v) is 1.49. The Balaban J connectivity index is 2.51. The van der Waals surface area contributed by atoms with Gasteiger partial charge in [0.05, 0.1) is 14.2 Å². The Bertz CT molecular complexity index is 369. The molecule has 1 aliphatic rings. The van der Waals surface area contributed by atoms with Crippen molar-refractivity contribution in [1.29, 1.82) is 0 Å². The van der Waals surface area contributed by atoms with Crippen LogP contribution in [0.25, 0.3) is 0 Å². The first-order valence-corrected chi connectivity index (χ1v) is 4.04. The maximum Gasteiger partial charge on any atom is 0.167 e. The molecule has 0 saturated heterocycles. The van der Waals surface area contributed by atoms with E-state index in [1.54, 1.807) is 20.3 Å². The number of fused-ring (bicyclic) bond motifs is 1. The van der Waals surface area contributed by atoms with Crippen molar-refractivity contribution >= 4 is 5.78 Å². The van der Waals surface area contributed by atoms with E-state index in [0.29, 0.717) is 17.9 Å². The van der Waals surface area contributed by atoms with Gasteiger partial charge in [0.15, 0.2) is 17.3 Å². The van der Waals surface area contributed by atoms with Gasteiger partial charge in [0, 0.05) is 12.0 Å². The number of Topliss-reactive ketones (excluding diaryl/α,β-unsaturated/α-hetero) is 1. The lowest BCUT2D eigenvalue weighted by Crippen LogP contribution is -2.18. The van der Waals surface area contributed by atoms with Crippen molar-refractivity contribution in [2.75, 3.05) is 14.2 Å². The first kappa shape index (κ1) is 8.10. The second-order valence-corrected chi connectivity index (χ2v) is 2.96. The van der Waals surface area contributed by atoms with Crippen LogP contribution in [0, 0.1) is 0 Å². The van der Waals surface area contributed by atoms with Gasteiger partial charge in [-0.1, -0.05) is 0 Å². The number of carbonyl (C=O) groups excluding carboxylic acids is 1. The highest BCUT2D eigenvalue weighted by molar-refractivity contribution is 6.07. The van der Waals surface area contributed by atoms with Gasteiger partial charge >= 0.3 is 0 Å². The monoisotopic (exact) mass is 178 g/mol. The van der Waals surface area contributed by atoms with Crippen molar-refractivity contribution in [3.8, 4) is 11.5 Å². The zero-order chi connectivity index (χ0) is 9.42. The second kappa shape index (κ2) is 2.76. The number of hydrogen-bond donors (Lipinski definition) is 0. The summed E-state index contributed by atoms with van der Waals surface area (Å²) in [7, 11) is 3.15. The molecule has 0 aromatic heterocycles. The van der Waals surface area contributed by atoms with Crippen LogP contribution in [0.1, 0.15) is 15.9 Å². The van der Waals surface area contributed by atoms with Gasteiger partial charge in [-0.15, -0.1) is 0 Å². The molecule has 0 atom stereocenters. The quantitative estimate of drug-likeness (QED) is 0.687. The normalized spacial score (nSPS) is 13.2. The third-order valence-electron chi connectivity index (χ3n) is 2.26. The topological polar surface area (TPSA) is 35.5 Å². The van der Waals surface area contributed by atoms with Crippen molar-refractivity contribution in [1.82, 2.24) is 0 Å². The number of hydrogen-bond acceptors (Lipinski definition) is 3. The smallest absolute Gasteiger partial charge is 0.167 e. The molecule has 13 heavy (non-hydrogen) atoms. The molecule has 1 aromatic rings. The van der Waals surface area contributed by atoms with E-state index in [0.717, 1.165) is 11.1 Å². The fraction of sp³-hybridized carbons (Fsp3) is 0.300. The van der Waals surface area contributed by atoms with E-state index in [4.69, 9.17) is 9.47 Å². The number of carbonyl (C=O) groups is 1. The third-order valence-corrected chi connectivity index (χ3v) is 2.26. The number of ketones is 1. The van der Waals surface area contributed by atoms with Crippen LogP contribution in [-0.4, -0.2) is 20.0 Å². The van der Waals surface area contributed by atoms with E-state index >= 15 is 0 Å². The first-order chi connectivity index (χ1) is 6.26. The summed E-state index contributed by atoms with van der Waals surface area (Å²) in [6.45, 7) is 0. The summed E-state index contributed by atoms with van der Waals surface area (Å²) in [5.74, 6) is 1.49. The Morgan fingerprint density at radius 3 is 2.31 bits per heavy atom. The molecule has 2 rings (SSSR count). The van der Waals surface area contributed by atoms with Gasteiger partial charge in [-0.2, -0.15) is 0 Å². The van der Waals surface area contributed by atoms with Crippen LogP contribution in [0.5, 0.6) is 11.5 Å². The van der Waals surface area contributed by atoms with E-state index in [1.165, 1.54) is 0 Å². The Kier molecular flexibility index (Phi) is 1.72. The van der Waals surface area contributed by atoms with E-state index in [2.05, 4.69) is 0 Å². The van der Waals surface area contributed by atoms with Gasteiger partial charge in [0.25, 0.3) is 0 Å². The highest BCUT2D eigenvalue weighted by Gasteiger charge is 2.25. The molecule has 0 bridgehead atoms. The molecule has 68 valence electrons. The third kappa shape index (κ3) is 1.08. The molecule has 0 saturated carbocycles. The molecular weight excluding hydrogens is 168 g/mol. The van der Waals surface area contributed by atoms with Crippen LogP contribution in [0.2, 0.25) is 0 Å². The molecule has 0 heterocycles. The minimum Gasteiger partial charge on any atom is -0.493 e. The molecule has 1 aromatic carbocycles. The highest BCUT2D eigenvalue weighted by atomic mass is 16.5. The lowest BCUT2D eigenvalue weighted by molar-refractivity contribution is 0.0967. The minimum atomic E-state index is 0.177. The Morgan fingerprint density at radius 1 is 1.15 bits per heavy atom. The van der Waals surface area contributed by atoms with Gasteiger partial charge in [-0.3, -0.25) is 4.79 Å². The number of benzene rings is 1. The standard InChI is InChI=1S/C10H10O3/c1-12-9-4-6-3-8(11)7(6)5-10(9)13-2/h4-5H,3H2,1-2H3. The second-order valence-electron chi connectivity index (χ2n) is 2.96. The minimum absolute atomic E-state index is 0.177. The maximum absolute atomic E-state index is 11.1. The summed E-state index contributed by atoms with van der Waals surface area (Å²) in [6, 6.07) is 3.59. The molecule has 0 amide bonds. The molecule has 0 unspecified atom stereocenters. The average molecular weight is 178 g/mol. The molecule has 3 nitrogen and oxygen atoms in total. The van der Waals surface area contributed by atoms with Crippen LogP contribution >= 0.6 is 0 Å². The predicted octanol–water partition coefficient (Wildman–Crippen LogP) is 1.44. The van der Waals surface area contributed by atoms with Crippen LogP contribution in [0.3, 0.4) is 0 Å². The molecule has 0 aliphatic heterocycles.